The van der Waals surface area contributed by atoms with Crippen molar-refractivity contribution < 1.29 is 8.42 Å². The zero-order valence-electron chi connectivity index (χ0n) is 7.91. The Morgan fingerprint density at radius 2 is 2.06 bits per heavy atom. The summed E-state index contributed by atoms with van der Waals surface area (Å²) in [6.45, 7) is 0. The van der Waals surface area contributed by atoms with Crippen LogP contribution in [-0.2, 0) is 10.0 Å². The Labute approximate surface area is 109 Å². The molecule has 0 heterocycles. The lowest BCUT2D eigenvalue weighted by Crippen LogP contribution is -2.26. The molecule has 0 aliphatic carbocycles. The van der Waals surface area contributed by atoms with Gasteiger partial charge in [0, 0.05) is 0 Å². The first-order valence-electron chi connectivity index (χ1n) is 4.04. The molecule has 0 saturated heterocycles. The van der Waals surface area contributed by atoms with Crippen molar-refractivity contribution in [2.24, 2.45) is 5.73 Å². The number of halogens is 2. The van der Waals surface area contributed by atoms with E-state index in [1.807, 2.05) is 0 Å². The standard InChI is InChI=1S/C8H8Cl2N2O2S2/c9-5-2-1-3-6(8(5)10)12-16(13,14)4-7(11)15/h1-3,12H,4H2,(H2,11,15). The summed E-state index contributed by atoms with van der Waals surface area (Å²) in [5, 5.41) is 0.396. The molecule has 4 nitrogen and oxygen atoms in total. The van der Waals surface area contributed by atoms with E-state index in [9.17, 15) is 8.42 Å². The number of nitrogens with one attached hydrogen (secondary N) is 1. The fraction of sp³-hybridized carbons (Fsp3) is 0.125. The summed E-state index contributed by atoms with van der Waals surface area (Å²) >= 11 is 16.1. The Morgan fingerprint density at radius 1 is 1.44 bits per heavy atom. The third-order valence-electron chi connectivity index (χ3n) is 1.55. The molecule has 0 spiro atoms. The van der Waals surface area contributed by atoms with E-state index in [4.69, 9.17) is 28.9 Å². The average molecular weight is 299 g/mol. The Balaban J connectivity index is 2.97. The van der Waals surface area contributed by atoms with E-state index < -0.39 is 15.8 Å². The van der Waals surface area contributed by atoms with Gasteiger partial charge < -0.3 is 5.73 Å². The second kappa shape index (κ2) is 5.18. The molecule has 0 bridgehead atoms. The number of anilines is 1. The molecule has 0 fully saturated rings. The Morgan fingerprint density at radius 3 is 2.62 bits per heavy atom. The van der Waals surface area contributed by atoms with Crippen LogP contribution in [0.1, 0.15) is 0 Å². The first-order valence-corrected chi connectivity index (χ1v) is 6.86. The fourth-order valence-electron chi connectivity index (χ4n) is 0.974. The number of hydrogen-bond acceptors (Lipinski definition) is 3. The molecule has 0 saturated carbocycles. The number of thiocarbonyl (C=S) groups is 1. The SMILES string of the molecule is NC(=S)CS(=O)(=O)Nc1cccc(Cl)c1Cl. The van der Waals surface area contributed by atoms with Crippen LogP contribution in [0.15, 0.2) is 18.2 Å². The predicted molar refractivity (Wildman–Crippen MR) is 70.7 cm³/mol. The van der Waals surface area contributed by atoms with Crippen molar-refractivity contribution in [3.8, 4) is 0 Å². The van der Waals surface area contributed by atoms with Gasteiger partial charge in [-0.05, 0) is 12.1 Å². The topological polar surface area (TPSA) is 72.2 Å². The molecule has 0 atom stereocenters. The normalized spacial score (nSPS) is 11.1. The summed E-state index contributed by atoms with van der Waals surface area (Å²) < 4.78 is 25.2. The Hall–Kier alpha value is -0.560. The highest BCUT2D eigenvalue weighted by atomic mass is 35.5. The third-order valence-corrected chi connectivity index (χ3v) is 3.92. The average Bonchev–Trinajstić information content (AvgIpc) is 2.10. The Bertz CT molecular complexity index is 517. The maximum atomic E-state index is 11.5. The monoisotopic (exact) mass is 298 g/mol. The zero-order chi connectivity index (χ0) is 12.3. The number of rotatable bonds is 4. The summed E-state index contributed by atoms with van der Waals surface area (Å²) in [6, 6.07) is 4.62. The minimum absolute atomic E-state index is 0.120. The van der Waals surface area contributed by atoms with Crippen molar-refractivity contribution in [2.45, 2.75) is 0 Å². The van der Waals surface area contributed by atoms with Gasteiger partial charge in [-0.25, -0.2) is 8.42 Å². The molecule has 0 aromatic heterocycles. The van der Waals surface area contributed by atoms with Gasteiger partial charge in [0.15, 0.2) is 0 Å². The van der Waals surface area contributed by atoms with Gasteiger partial charge in [0.25, 0.3) is 0 Å². The Kier molecular flexibility index (Phi) is 4.37. The van der Waals surface area contributed by atoms with Gasteiger partial charge >= 0.3 is 0 Å². The smallest absolute Gasteiger partial charge is 0.239 e. The third kappa shape index (κ3) is 3.79. The molecule has 0 radical (unpaired) electrons. The van der Waals surface area contributed by atoms with E-state index in [1.54, 1.807) is 12.1 Å². The number of hydrogen-bond donors (Lipinski definition) is 2. The molecule has 3 N–H and O–H groups in total. The van der Waals surface area contributed by atoms with Gasteiger partial charge in [-0.15, -0.1) is 0 Å². The minimum Gasteiger partial charge on any atom is -0.392 e. The van der Waals surface area contributed by atoms with E-state index in [-0.39, 0.29) is 20.7 Å². The maximum absolute atomic E-state index is 11.5. The molecular weight excluding hydrogens is 291 g/mol. The van der Waals surface area contributed by atoms with Gasteiger partial charge in [0.1, 0.15) is 5.75 Å². The van der Waals surface area contributed by atoms with Crippen molar-refractivity contribution in [1.29, 1.82) is 0 Å². The summed E-state index contributed by atoms with van der Waals surface area (Å²) in [7, 11) is -3.63. The van der Waals surface area contributed by atoms with Crippen molar-refractivity contribution in [2.75, 3.05) is 10.5 Å². The van der Waals surface area contributed by atoms with Crippen LogP contribution in [0.2, 0.25) is 10.0 Å². The highest BCUT2D eigenvalue weighted by Gasteiger charge is 2.14. The van der Waals surface area contributed by atoms with Crippen LogP contribution >= 0.6 is 35.4 Å². The molecule has 88 valence electrons. The van der Waals surface area contributed by atoms with Gasteiger partial charge in [0.2, 0.25) is 10.0 Å². The number of nitrogens with two attached hydrogens (primary N) is 1. The zero-order valence-corrected chi connectivity index (χ0v) is 11.1. The molecule has 1 aromatic rings. The summed E-state index contributed by atoms with van der Waals surface area (Å²) in [5.74, 6) is -0.439. The fourth-order valence-corrected chi connectivity index (χ4v) is 2.79. The first-order chi connectivity index (χ1) is 7.32. The van der Waals surface area contributed by atoms with Crippen LogP contribution in [-0.4, -0.2) is 19.2 Å². The molecule has 0 aliphatic rings. The maximum Gasteiger partial charge on any atom is 0.239 e. The first kappa shape index (κ1) is 13.5. The van der Waals surface area contributed by atoms with Crippen LogP contribution in [0.5, 0.6) is 0 Å². The molecule has 1 aromatic carbocycles. The molecule has 0 amide bonds. The van der Waals surface area contributed by atoms with E-state index in [0.717, 1.165) is 0 Å². The van der Waals surface area contributed by atoms with Crippen LogP contribution in [0, 0.1) is 0 Å². The lowest BCUT2D eigenvalue weighted by Gasteiger charge is -2.09. The van der Waals surface area contributed by atoms with E-state index >= 15 is 0 Å². The van der Waals surface area contributed by atoms with Gasteiger partial charge in [0.05, 0.1) is 20.7 Å². The molecule has 0 unspecified atom stereocenters. The molecular formula is C8H8Cl2N2O2S2. The summed E-state index contributed by atoms with van der Waals surface area (Å²) in [6.07, 6.45) is 0. The molecule has 1 rings (SSSR count). The van der Waals surface area contributed by atoms with Crippen LogP contribution in [0.3, 0.4) is 0 Å². The van der Waals surface area contributed by atoms with E-state index in [2.05, 4.69) is 16.9 Å². The van der Waals surface area contributed by atoms with Crippen LogP contribution < -0.4 is 10.5 Å². The van der Waals surface area contributed by atoms with Gasteiger partial charge in [-0.1, -0.05) is 41.5 Å². The highest BCUT2D eigenvalue weighted by molar-refractivity contribution is 7.95. The van der Waals surface area contributed by atoms with E-state index in [0.29, 0.717) is 0 Å². The molecule has 16 heavy (non-hydrogen) atoms. The second-order valence-electron chi connectivity index (χ2n) is 2.93. The number of benzene rings is 1. The van der Waals surface area contributed by atoms with Crippen molar-refractivity contribution in [3.05, 3.63) is 28.2 Å². The quantitative estimate of drug-likeness (QED) is 0.834. The minimum atomic E-state index is -3.63. The van der Waals surface area contributed by atoms with Gasteiger partial charge in [-0.2, -0.15) is 0 Å². The van der Waals surface area contributed by atoms with Crippen molar-refractivity contribution in [3.63, 3.8) is 0 Å². The van der Waals surface area contributed by atoms with Crippen LogP contribution in [0.25, 0.3) is 0 Å². The molecule has 8 heteroatoms. The largest absolute Gasteiger partial charge is 0.392 e. The second-order valence-corrected chi connectivity index (χ2v) is 5.96. The predicted octanol–water partition coefficient (Wildman–Crippen LogP) is 2.02. The van der Waals surface area contributed by atoms with E-state index in [1.165, 1.54) is 6.07 Å². The van der Waals surface area contributed by atoms with Crippen molar-refractivity contribution in [1.82, 2.24) is 0 Å². The number of sulfonamides is 1. The molecule has 0 aliphatic heterocycles. The van der Waals surface area contributed by atoms with Crippen LogP contribution in [0.4, 0.5) is 5.69 Å². The summed E-state index contributed by atoms with van der Waals surface area (Å²) in [4.78, 5) is -0.120. The summed E-state index contributed by atoms with van der Waals surface area (Å²) in [5.41, 5.74) is 5.35. The highest BCUT2D eigenvalue weighted by Crippen LogP contribution is 2.30. The lowest BCUT2D eigenvalue weighted by molar-refractivity contribution is 0.605. The van der Waals surface area contributed by atoms with Crippen molar-refractivity contribution >= 4 is 56.1 Å². The van der Waals surface area contributed by atoms with Gasteiger partial charge in [-0.3, -0.25) is 4.72 Å². The lowest BCUT2D eigenvalue weighted by atomic mass is 10.3.